The molecular formula is C64H119N2O7P. The minimum Gasteiger partial charge on any atom is -0.756 e. The number of allylic oxidation sites excluding steroid dienone is 9. The molecule has 0 aromatic heterocycles. The molecule has 0 heterocycles. The molecule has 0 radical (unpaired) electrons. The highest BCUT2D eigenvalue weighted by molar-refractivity contribution is 7.45. The maximum atomic E-state index is 13.5. The summed E-state index contributed by atoms with van der Waals surface area (Å²) >= 11 is 0. The lowest BCUT2D eigenvalue weighted by Crippen LogP contribution is -2.47. The minimum atomic E-state index is -4.70. The Morgan fingerprint density at radius 1 is 0.486 bits per heavy atom. The molecule has 74 heavy (non-hydrogen) atoms. The van der Waals surface area contributed by atoms with Gasteiger partial charge in [-0.1, -0.05) is 255 Å². The standard InChI is InChI=1S/C64H119N2O7P/c1-7-10-13-16-19-22-25-28-30-31-32-33-34-35-37-38-41-44-47-50-53-56-63(67)65-61(60-72-74(69,70)71-59-58-66(4,5)6)62(55-52-49-46-43-40-27-24-21-18-15-12-9-3)73-64(68)57-54-51-48-45-42-39-36-29-26-23-20-17-14-11-8-2/h11,14,17,20,23,26,28,30,52,55,61-62H,7-10,12-13,15-16,18-19,21-22,24-25,27,29,31-51,53-54,56-60H2,1-6H3,(H-,65,67,69,70)/b14-11+,20-17+,26-23+,30-28+,55-52-. The van der Waals surface area contributed by atoms with Crippen molar-refractivity contribution in [3.8, 4) is 0 Å². The molecule has 0 aliphatic rings. The van der Waals surface area contributed by atoms with Crippen LogP contribution < -0.4 is 10.2 Å². The van der Waals surface area contributed by atoms with E-state index in [2.05, 4.69) is 74.7 Å². The molecule has 9 nitrogen and oxygen atoms in total. The van der Waals surface area contributed by atoms with Crippen molar-refractivity contribution in [2.24, 2.45) is 0 Å². The van der Waals surface area contributed by atoms with Gasteiger partial charge in [-0.2, -0.15) is 0 Å². The quantitative estimate of drug-likeness (QED) is 0.0161. The predicted octanol–water partition coefficient (Wildman–Crippen LogP) is 18.4. The summed E-state index contributed by atoms with van der Waals surface area (Å²) in [4.78, 5) is 40.0. The molecule has 0 aromatic carbocycles. The lowest BCUT2D eigenvalue weighted by molar-refractivity contribution is -0.870. The fraction of sp³-hybridized carbons (Fsp3) is 0.812. The van der Waals surface area contributed by atoms with Crippen molar-refractivity contribution >= 4 is 19.7 Å². The van der Waals surface area contributed by atoms with Gasteiger partial charge in [-0.05, 0) is 76.7 Å². The first-order valence-corrected chi connectivity index (χ1v) is 32.6. The number of carbonyl (C=O) groups is 2. The number of phosphoric ester groups is 1. The topological polar surface area (TPSA) is 114 Å². The zero-order valence-corrected chi connectivity index (χ0v) is 50.2. The zero-order chi connectivity index (χ0) is 54.3. The van der Waals surface area contributed by atoms with E-state index in [1.54, 1.807) is 0 Å². The Kier molecular flexibility index (Phi) is 52.4. The summed E-state index contributed by atoms with van der Waals surface area (Å²) in [5, 5.41) is 3.03. The van der Waals surface area contributed by atoms with Gasteiger partial charge in [0, 0.05) is 12.8 Å². The smallest absolute Gasteiger partial charge is 0.306 e. The number of ether oxygens (including phenoxy) is 1. The van der Waals surface area contributed by atoms with Crippen molar-refractivity contribution in [3.63, 3.8) is 0 Å². The number of quaternary nitrogens is 1. The predicted molar refractivity (Wildman–Crippen MR) is 316 cm³/mol. The van der Waals surface area contributed by atoms with Crippen LogP contribution in [0.3, 0.4) is 0 Å². The second-order valence-electron chi connectivity index (χ2n) is 22.2. The number of hydrogen-bond acceptors (Lipinski definition) is 7. The molecule has 3 unspecified atom stereocenters. The molecule has 10 heteroatoms. The van der Waals surface area contributed by atoms with Gasteiger partial charge in [0.2, 0.25) is 5.91 Å². The average Bonchev–Trinajstić information content (AvgIpc) is 3.36. The van der Waals surface area contributed by atoms with E-state index in [9.17, 15) is 19.0 Å². The van der Waals surface area contributed by atoms with Crippen molar-refractivity contribution < 1.29 is 37.3 Å². The van der Waals surface area contributed by atoms with Crippen molar-refractivity contribution in [3.05, 3.63) is 60.8 Å². The molecule has 1 N–H and O–H groups in total. The van der Waals surface area contributed by atoms with E-state index >= 15 is 0 Å². The normalized spacial score (nSPS) is 14.1. The number of amides is 1. The lowest BCUT2D eigenvalue weighted by atomic mass is 10.0. The minimum absolute atomic E-state index is 0.0253. The summed E-state index contributed by atoms with van der Waals surface area (Å²) in [6.07, 6.45) is 67.6. The number of unbranched alkanes of at least 4 members (excludes halogenated alkanes) is 34. The molecule has 0 rings (SSSR count). The van der Waals surface area contributed by atoms with E-state index in [4.69, 9.17) is 13.8 Å². The van der Waals surface area contributed by atoms with E-state index in [1.165, 1.54) is 173 Å². The van der Waals surface area contributed by atoms with E-state index in [0.717, 1.165) is 77.0 Å². The Morgan fingerprint density at radius 3 is 1.32 bits per heavy atom. The molecule has 0 bridgehead atoms. The fourth-order valence-corrected chi connectivity index (χ4v) is 9.65. The maximum Gasteiger partial charge on any atom is 0.306 e. The van der Waals surface area contributed by atoms with Crippen molar-refractivity contribution in [2.75, 3.05) is 40.9 Å². The first-order valence-electron chi connectivity index (χ1n) is 31.1. The van der Waals surface area contributed by atoms with Crippen LogP contribution in [-0.4, -0.2) is 69.4 Å². The van der Waals surface area contributed by atoms with Gasteiger partial charge in [0.1, 0.15) is 19.3 Å². The third-order valence-corrected chi connectivity index (χ3v) is 14.7. The third kappa shape index (κ3) is 54.5. The monoisotopic (exact) mass is 1060 g/mol. The summed E-state index contributed by atoms with van der Waals surface area (Å²) in [7, 11) is 1.18. The molecular weight excluding hydrogens is 940 g/mol. The number of nitrogens with zero attached hydrogens (tertiary/aromatic N) is 1. The van der Waals surface area contributed by atoms with Crippen LogP contribution in [0.4, 0.5) is 0 Å². The van der Waals surface area contributed by atoms with Gasteiger partial charge in [-0.25, -0.2) is 0 Å². The molecule has 0 spiro atoms. The molecule has 0 saturated carbocycles. The summed E-state index contributed by atoms with van der Waals surface area (Å²) in [5.74, 6) is -0.550. The van der Waals surface area contributed by atoms with Crippen LogP contribution in [0.5, 0.6) is 0 Å². The van der Waals surface area contributed by atoms with E-state index in [1.807, 2.05) is 33.3 Å². The van der Waals surface area contributed by atoms with Gasteiger partial charge in [0.25, 0.3) is 7.82 Å². The van der Waals surface area contributed by atoms with Crippen LogP contribution in [-0.2, 0) is 27.9 Å². The number of likely N-dealkylation sites (N-methyl/N-ethyl adjacent to an activating group) is 1. The number of nitrogens with one attached hydrogen (secondary N) is 1. The van der Waals surface area contributed by atoms with Crippen molar-refractivity contribution in [2.45, 2.75) is 296 Å². The molecule has 3 atom stereocenters. The van der Waals surface area contributed by atoms with Gasteiger partial charge in [-0.3, -0.25) is 14.2 Å². The number of rotatable bonds is 56. The largest absolute Gasteiger partial charge is 0.756 e. The van der Waals surface area contributed by atoms with Crippen LogP contribution in [0.15, 0.2) is 60.8 Å². The van der Waals surface area contributed by atoms with Crippen LogP contribution in [0.1, 0.15) is 284 Å². The van der Waals surface area contributed by atoms with Crippen molar-refractivity contribution in [1.29, 1.82) is 0 Å². The van der Waals surface area contributed by atoms with E-state index < -0.39 is 26.6 Å². The van der Waals surface area contributed by atoms with Crippen LogP contribution in [0, 0.1) is 0 Å². The Balaban J connectivity index is 5.21. The van der Waals surface area contributed by atoms with Crippen LogP contribution in [0.2, 0.25) is 0 Å². The average molecular weight is 1060 g/mol. The van der Waals surface area contributed by atoms with Gasteiger partial charge >= 0.3 is 5.97 Å². The summed E-state index contributed by atoms with van der Waals surface area (Å²) in [6.45, 7) is 6.72. The fourth-order valence-electron chi connectivity index (χ4n) is 8.93. The second-order valence-corrected chi connectivity index (χ2v) is 23.6. The molecule has 0 aliphatic carbocycles. The Morgan fingerprint density at radius 2 is 0.878 bits per heavy atom. The molecule has 0 aliphatic heterocycles. The van der Waals surface area contributed by atoms with Crippen molar-refractivity contribution in [1.82, 2.24) is 5.32 Å². The summed E-state index contributed by atoms with van der Waals surface area (Å²) in [6, 6.07) is -0.894. The SMILES string of the molecule is CC/C=C/C=C/C=C/CCCCCCCCCC(=O)OC(/C=C\CCCCCCCCCCCC)C(COP(=O)([O-])OCC[N+](C)(C)C)NC(=O)CCCCCCCCCCCCC/C=C/CCCCCCCC. The third-order valence-electron chi connectivity index (χ3n) is 13.7. The Bertz CT molecular complexity index is 1450. The number of phosphoric acid groups is 1. The van der Waals surface area contributed by atoms with Gasteiger partial charge < -0.3 is 28.5 Å². The maximum absolute atomic E-state index is 13.5. The van der Waals surface area contributed by atoms with Gasteiger partial charge in [0.05, 0.1) is 33.8 Å². The number of carbonyl (C=O) groups excluding carboxylic acids is 2. The summed E-state index contributed by atoms with van der Waals surface area (Å²) in [5.41, 5.74) is 0. The van der Waals surface area contributed by atoms with Gasteiger partial charge in [-0.15, -0.1) is 0 Å². The lowest BCUT2D eigenvalue weighted by Gasteiger charge is -2.30. The van der Waals surface area contributed by atoms with Crippen LogP contribution in [0.25, 0.3) is 0 Å². The first-order chi connectivity index (χ1) is 35.9. The molecule has 0 saturated heterocycles. The molecule has 0 fully saturated rings. The van der Waals surface area contributed by atoms with Crippen LogP contribution >= 0.6 is 7.82 Å². The Labute approximate surface area is 458 Å². The highest BCUT2D eigenvalue weighted by Crippen LogP contribution is 2.38. The molecule has 0 aromatic rings. The number of hydrogen-bond donors (Lipinski definition) is 1. The highest BCUT2D eigenvalue weighted by atomic mass is 31.2. The summed E-state index contributed by atoms with van der Waals surface area (Å²) < 4.78 is 30.3. The molecule has 432 valence electrons. The highest BCUT2D eigenvalue weighted by Gasteiger charge is 2.27. The zero-order valence-electron chi connectivity index (χ0n) is 49.3. The van der Waals surface area contributed by atoms with Gasteiger partial charge in [0.15, 0.2) is 0 Å². The van der Waals surface area contributed by atoms with E-state index in [-0.39, 0.29) is 24.9 Å². The first kappa shape index (κ1) is 71.7. The Hall–Kier alpha value is -2.29. The second kappa shape index (κ2) is 54.1. The number of esters is 1. The molecule has 1 amide bonds. The van der Waals surface area contributed by atoms with E-state index in [0.29, 0.717) is 17.4 Å².